The highest BCUT2D eigenvalue weighted by Crippen LogP contribution is 2.82. The molecule has 1 heterocycles. The second-order valence-electron chi connectivity index (χ2n) is 3.10. The molecule has 1 saturated heterocycles. The molecule has 0 aliphatic carbocycles. The average molecular weight is 239 g/mol. The molecular formula is C8H8F3NO2S. The van der Waals surface area contributed by atoms with E-state index in [4.69, 9.17) is 0 Å². The van der Waals surface area contributed by atoms with Gasteiger partial charge in [0.15, 0.2) is 15.8 Å². The summed E-state index contributed by atoms with van der Waals surface area (Å²) in [4.78, 5) is 4.88. The van der Waals surface area contributed by atoms with Crippen LogP contribution in [0.4, 0.5) is 11.7 Å². The molecule has 1 atom stereocenters. The van der Waals surface area contributed by atoms with Crippen LogP contribution in [0.1, 0.15) is 5.56 Å². The number of benzene rings is 1. The van der Waals surface area contributed by atoms with E-state index in [-0.39, 0.29) is 5.56 Å². The summed E-state index contributed by atoms with van der Waals surface area (Å²) in [6.45, 7) is 0. The highest BCUT2D eigenvalue weighted by Gasteiger charge is 2.59. The third kappa shape index (κ3) is 1.78. The van der Waals surface area contributed by atoms with Crippen molar-refractivity contribution in [3.05, 3.63) is 41.1 Å². The van der Waals surface area contributed by atoms with Gasteiger partial charge in [-0.15, -0.1) is 11.7 Å². The fraction of sp³-hybridized carbons (Fsp3) is 0.125. The van der Waals surface area contributed by atoms with Gasteiger partial charge in [0, 0.05) is 12.1 Å². The molecule has 0 bridgehead atoms. The summed E-state index contributed by atoms with van der Waals surface area (Å²) in [7, 11) is -6.81. The molecule has 0 saturated carbocycles. The minimum atomic E-state index is -6.81. The van der Waals surface area contributed by atoms with Crippen molar-refractivity contribution in [2.45, 2.75) is 6.29 Å². The van der Waals surface area contributed by atoms with Crippen molar-refractivity contribution >= 4 is 10.5 Å². The van der Waals surface area contributed by atoms with Gasteiger partial charge in [0.05, 0.1) is 6.29 Å². The molecule has 0 radical (unpaired) electrons. The average Bonchev–Trinajstić information content (AvgIpc) is 2.38. The Balaban J connectivity index is 2.43. The standard InChI is InChI=1S/C8H8F3NO2S/c9-15(10,11)7(8(13)14-12-15)6-4-2-1-3-5-6/h1-5,8,12,15H. The molecule has 1 aliphatic heterocycles. The van der Waals surface area contributed by atoms with Crippen LogP contribution in [-0.2, 0) is 4.84 Å². The molecule has 2 rings (SSSR count). The summed E-state index contributed by atoms with van der Waals surface area (Å²) in [5.41, 5.74) is -0.132. The summed E-state index contributed by atoms with van der Waals surface area (Å²) in [5, 5.41) is 9.95. The normalized spacial score (nSPS) is 30.8. The van der Waals surface area contributed by atoms with E-state index in [0.29, 0.717) is 0 Å². The summed E-state index contributed by atoms with van der Waals surface area (Å²) in [6, 6.07) is 6.96. The maximum Gasteiger partial charge on any atom is 0.160 e. The van der Waals surface area contributed by atoms with Gasteiger partial charge in [0.1, 0.15) is 5.56 Å². The van der Waals surface area contributed by atoms with Crippen LogP contribution >= 0.6 is 10.5 Å². The van der Waals surface area contributed by atoms with Gasteiger partial charge in [0.2, 0.25) is 0 Å². The predicted molar refractivity (Wildman–Crippen MR) is 49.1 cm³/mol. The lowest BCUT2D eigenvalue weighted by molar-refractivity contribution is -0.480. The van der Waals surface area contributed by atoms with E-state index in [1.807, 2.05) is 0 Å². The van der Waals surface area contributed by atoms with Gasteiger partial charge in [-0.25, -0.2) is 0 Å². The number of halogens is 3. The Labute approximate surface area is 85.1 Å². The number of nitrogens with one attached hydrogen (secondary N) is 1. The van der Waals surface area contributed by atoms with Crippen molar-refractivity contribution in [1.82, 2.24) is 4.89 Å². The van der Waals surface area contributed by atoms with Gasteiger partial charge in [-0.05, 0) is 18.2 Å². The number of hydrogen-bond donors (Lipinski definition) is 2. The maximum atomic E-state index is 13.2. The minimum absolute atomic E-state index is 0.132. The second kappa shape index (κ2) is 3.05. The van der Waals surface area contributed by atoms with Gasteiger partial charge in [-0.2, -0.15) is 0 Å². The van der Waals surface area contributed by atoms with Crippen LogP contribution in [-0.4, -0.2) is 6.29 Å². The van der Waals surface area contributed by atoms with E-state index in [9.17, 15) is 16.8 Å². The molecule has 1 aromatic carbocycles. The second-order valence-corrected chi connectivity index (χ2v) is 5.39. The van der Waals surface area contributed by atoms with E-state index in [0.717, 1.165) is 4.89 Å². The van der Waals surface area contributed by atoms with Crippen molar-refractivity contribution in [3.8, 4) is 0 Å². The van der Waals surface area contributed by atoms with Crippen LogP contribution < -0.4 is 9.99 Å². The minimum Gasteiger partial charge on any atom is -0.814 e. The summed E-state index contributed by atoms with van der Waals surface area (Å²) in [5.74, 6) is 0. The van der Waals surface area contributed by atoms with E-state index >= 15 is 0 Å². The molecule has 0 amide bonds. The zero-order valence-corrected chi connectivity index (χ0v) is 8.26. The molecule has 0 spiro atoms. The maximum absolute atomic E-state index is 13.2. The van der Waals surface area contributed by atoms with Crippen molar-refractivity contribution in [1.29, 1.82) is 0 Å². The third-order valence-electron chi connectivity index (χ3n) is 2.00. The molecule has 1 fully saturated rings. The molecule has 3 nitrogen and oxygen atoms in total. The Kier molecular flexibility index (Phi) is 2.16. The molecule has 1 aromatic rings. The van der Waals surface area contributed by atoms with Crippen LogP contribution in [0.2, 0.25) is 0 Å². The molecule has 1 unspecified atom stereocenters. The van der Waals surface area contributed by atoms with Crippen molar-refractivity contribution < 1.29 is 21.6 Å². The smallest absolute Gasteiger partial charge is 0.160 e. The Morgan fingerprint density at radius 2 is 1.87 bits per heavy atom. The van der Waals surface area contributed by atoms with Crippen LogP contribution in [0, 0.1) is 5.25 Å². The van der Waals surface area contributed by atoms with Crippen LogP contribution in [0.25, 0.3) is 0 Å². The Hall–Kier alpha value is -0.890. The molecule has 84 valence electrons. The fourth-order valence-corrected chi connectivity index (χ4v) is 2.70. The first-order valence-electron chi connectivity index (χ1n) is 4.08. The molecule has 7 heteroatoms. The zero-order valence-electron chi connectivity index (χ0n) is 7.36. The number of rotatable bonds is 1. The van der Waals surface area contributed by atoms with Crippen LogP contribution in [0.5, 0.6) is 0 Å². The molecule has 1 aliphatic rings. The van der Waals surface area contributed by atoms with Gasteiger partial charge >= 0.3 is 0 Å². The first-order chi connectivity index (χ1) is 6.88. The third-order valence-corrected chi connectivity index (χ3v) is 3.66. The van der Waals surface area contributed by atoms with Gasteiger partial charge in [-0.1, -0.05) is 4.89 Å². The Morgan fingerprint density at radius 1 is 1.27 bits per heavy atom. The molecule has 0 aromatic heterocycles. The van der Waals surface area contributed by atoms with Crippen LogP contribution in [0.3, 0.4) is 0 Å². The quantitative estimate of drug-likeness (QED) is 0.575. The van der Waals surface area contributed by atoms with Crippen molar-refractivity contribution in [3.63, 3.8) is 0 Å². The first-order valence-corrected chi connectivity index (χ1v) is 5.99. The highest BCUT2D eigenvalue weighted by atomic mass is 32.4. The Morgan fingerprint density at radius 3 is 2.33 bits per heavy atom. The number of thiol groups is 1. The predicted octanol–water partition coefficient (Wildman–Crippen LogP) is 1.43. The van der Waals surface area contributed by atoms with Gasteiger partial charge in [0.25, 0.3) is 0 Å². The Bertz CT molecular complexity index is 367. The van der Waals surface area contributed by atoms with Gasteiger partial charge in [-0.3, -0.25) is 4.84 Å². The highest BCUT2D eigenvalue weighted by molar-refractivity contribution is 8.38. The largest absolute Gasteiger partial charge is 0.814 e. The fourth-order valence-electron chi connectivity index (χ4n) is 1.37. The summed E-state index contributed by atoms with van der Waals surface area (Å²) >= 11 is 0. The lowest BCUT2D eigenvalue weighted by Crippen LogP contribution is -2.31. The molecular weight excluding hydrogens is 231 g/mol. The van der Waals surface area contributed by atoms with E-state index in [1.54, 1.807) is 6.07 Å². The van der Waals surface area contributed by atoms with Crippen molar-refractivity contribution in [2.75, 3.05) is 0 Å². The van der Waals surface area contributed by atoms with Crippen molar-refractivity contribution in [2.24, 2.45) is 0 Å². The molecule has 15 heavy (non-hydrogen) atoms. The van der Waals surface area contributed by atoms with E-state index in [2.05, 4.69) is 4.84 Å². The van der Waals surface area contributed by atoms with E-state index < -0.39 is 22.0 Å². The number of hydrogen-bond acceptors (Lipinski definition) is 3. The summed E-state index contributed by atoms with van der Waals surface area (Å²) < 4.78 is 39.7. The SMILES string of the molecule is [O-]C1ON[SH](F)(F)(F)[C+]1c1ccccc1. The zero-order chi connectivity index (χ0) is 11.1. The topological polar surface area (TPSA) is 44.3 Å². The summed E-state index contributed by atoms with van der Waals surface area (Å²) in [6.07, 6.45) is -2.20. The van der Waals surface area contributed by atoms with Gasteiger partial charge < -0.3 is 5.11 Å². The molecule has 1 N–H and O–H groups in total. The monoisotopic (exact) mass is 239 g/mol. The van der Waals surface area contributed by atoms with E-state index in [1.165, 1.54) is 24.3 Å². The lowest BCUT2D eigenvalue weighted by Gasteiger charge is -2.35. The lowest BCUT2D eigenvalue weighted by atomic mass is 10.1. The van der Waals surface area contributed by atoms with Crippen LogP contribution in [0.15, 0.2) is 30.3 Å². The first kappa shape index (κ1) is 10.6.